The summed E-state index contributed by atoms with van der Waals surface area (Å²) in [7, 11) is 0. The normalized spacial score (nSPS) is 18.9. The predicted molar refractivity (Wildman–Crippen MR) is 99.0 cm³/mol. The van der Waals surface area contributed by atoms with E-state index < -0.39 is 0 Å². The first-order valence-electron chi connectivity index (χ1n) is 9.42. The lowest BCUT2D eigenvalue weighted by molar-refractivity contribution is -0.132. The zero-order valence-electron chi connectivity index (χ0n) is 15.0. The highest BCUT2D eigenvalue weighted by Crippen LogP contribution is 2.23. The Morgan fingerprint density at radius 2 is 1.80 bits per heavy atom. The number of aryl methyl sites for hydroxylation is 1. The minimum Gasteiger partial charge on any atom is -0.353 e. The van der Waals surface area contributed by atoms with Gasteiger partial charge in [0.25, 0.3) is 0 Å². The number of carbonyl (C=O) groups excluding carboxylic acids is 2. The molecule has 4 heteroatoms. The third-order valence-corrected chi connectivity index (χ3v) is 5.12. The van der Waals surface area contributed by atoms with Gasteiger partial charge < -0.3 is 10.2 Å². The molecule has 1 N–H and O–H groups in total. The maximum atomic E-state index is 12.4. The molecule has 1 aromatic rings. The molecular weight excluding hydrogens is 312 g/mol. The number of nitrogens with one attached hydrogen (secondary N) is 1. The maximum Gasteiger partial charge on any atom is 0.246 e. The summed E-state index contributed by atoms with van der Waals surface area (Å²) in [6, 6.07) is 10.8. The van der Waals surface area contributed by atoms with Gasteiger partial charge in [0.2, 0.25) is 11.8 Å². The van der Waals surface area contributed by atoms with E-state index >= 15 is 0 Å². The summed E-state index contributed by atoms with van der Waals surface area (Å²) in [5.41, 5.74) is 2.41. The lowest BCUT2D eigenvalue weighted by Gasteiger charge is -2.30. The lowest BCUT2D eigenvalue weighted by Crippen LogP contribution is -2.43. The number of hydrogen-bond acceptors (Lipinski definition) is 2. The van der Waals surface area contributed by atoms with Gasteiger partial charge in [-0.15, -0.1) is 0 Å². The average molecular weight is 340 g/mol. The van der Waals surface area contributed by atoms with Gasteiger partial charge in [-0.05, 0) is 51.0 Å². The molecule has 1 saturated carbocycles. The van der Waals surface area contributed by atoms with E-state index in [2.05, 4.69) is 17.4 Å². The van der Waals surface area contributed by atoms with Crippen molar-refractivity contribution in [2.24, 2.45) is 5.92 Å². The monoisotopic (exact) mass is 340 g/mol. The van der Waals surface area contributed by atoms with Crippen molar-refractivity contribution in [3.05, 3.63) is 47.5 Å². The Hall–Kier alpha value is -2.10. The van der Waals surface area contributed by atoms with Gasteiger partial charge in [0.05, 0.1) is 0 Å². The van der Waals surface area contributed by atoms with Crippen LogP contribution in [0.4, 0.5) is 0 Å². The minimum atomic E-state index is 0.0767. The molecule has 25 heavy (non-hydrogen) atoms. The van der Waals surface area contributed by atoms with Crippen LogP contribution in [0, 0.1) is 5.92 Å². The zero-order chi connectivity index (χ0) is 17.6. The van der Waals surface area contributed by atoms with E-state index in [1.54, 1.807) is 6.08 Å². The third kappa shape index (κ3) is 5.45. The van der Waals surface area contributed by atoms with E-state index in [9.17, 15) is 9.59 Å². The van der Waals surface area contributed by atoms with Crippen LogP contribution >= 0.6 is 0 Å². The smallest absolute Gasteiger partial charge is 0.246 e. The molecule has 134 valence electrons. The second-order valence-corrected chi connectivity index (χ2v) is 7.36. The van der Waals surface area contributed by atoms with Crippen molar-refractivity contribution < 1.29 is 9.59 Å². The fourth-order valence-electron chi connectivity index (χ4n) is 3.27. The van der Waals surface area contributed by atoms with E-state index in [-0.39, 0.29) is 17.7 Å². The molecule has 0 unspecified atom stereocenters. The van der Waals surface area contributed by atoms with E-state index in [0.29, 0.717) is 19.1 Å². The highest BCUT2D eigenvalue weighted by atomic mass is 16.2. The van der Waals surface area contributed by atoms with Crippen LogP contribution < -0.4 is 5.32 Å². The number of piperidine rings is 1. The van der Waals surface area contributed by atoms with E-state index in [4.69, 9.17) is 0 Å². The number of carbonyl (C=O) groups is 2. The summed E-state index contributed by atoms with van der Waals surface area (Å²) in [4.78, 5) is 26.4. The molecule has 2 fully saturated rings. The number of hydrogen-bond donors (Lipinski definition) is 1. The van der Waals surface area contributed by atoms with Crippen molar-refractivity contribution in [2.75, 3.05) is 13.1 Å². The molecule has 0 radical (unpaired) electrons. The van der Waals surface area contributed by atoms with Gasteiger partial charge in [0.1, 0.15) is 0 Å². The molecule has 1 aliphatic heterocycles. The third-order valence-electron chi connectivity index (χ3n) is 5.12. The first kappa shape index (κ1) is 17.7. The Morgan fingerprint density at radius 1 is 1.12 bits per heavy atom. The molecule has 2 aliphatic rings. The molecular formula is C21H28N2O2. The van der Waals surface area contributed by atoms with Crippen LogP contribution in [-0.4, -0.2) is 35.8 Å². The molecule has 3 rings (SSSR count). The van der Waals surface area contributed by atoms with Gasteiger partial charge in [0.15, 0.2) is 0 Å². The molecule has 1 aliphatic carbocycles. The Balaban J connectivity index is 1.42. The number of benzene rings is 1. The molecule has 1 heterocycles. The number of likely N-dealkylation sites (tertiary alicyclic amines) is 1. The molecule has 1 aromatic carbocycles. The number of allylic oxidation sites excluding steroid dienone is 1. The van der Waals surface area contributed by atoms with Crippen LogP contribution in [-0.2, 0) is 16.0 Å². The van der Waals surface area contributed by atoms with Crippen LogP contribution in [0.3, 0.4) is 0 Å². The van der Waals surface area contributed by atoms with Crippen LogP contribution in [0.5, 0.6) is 0 Å². The summed E-state index contributed by atoms with van der Waals surface area (Å²) in [5, 5.41) is 3.08. The summed E-state index contributed by atoms with van der Waals surface area (Å²) >= 11 is 0. The maximum absolute atomic E-state index is 12.4. The van der Waals surface area contributed by atoms with Crippen LogP contribution in [0.2, 0.25) is 0 Å². The van der Waals surface area contributed by atoms with Crippen LogP contribution in [0.15, 0.2) is 42.0 Å². The molecule has 0 atom stereocenters. The van der Waals surface area contributed by atoms with E-state index in [1.165, 1.54) is 5.56 Å². The quantitative estimate of drug-likeness (QED) is 0.809. The van der Waals surface area contributed by atoms with Gasteiger partial charge in [0, 0.05) is 31.1 Å². The standard InChI is InChI=1S/C21H28N2O2/c1-16(7-8-17-5-3-2-4-6-17)15-20(24)23-13-11-18(12-14-23)21(25)22-19-9-10-19/h2-6,15,18-19H,7-14H2,1H3,(H,22,25)/b16-15-. The van der Waals surface area contributed by atoms with E-state index in [0.717, 1.165) is 44.1 Å². The van der Waals surface area contributed by atoms with Crippen LogP contribution in [0.1, 0.15) is 44.6 Å². The average Bonchev–Trinajstić information content (AvgIpc) is 3.45. The van der Waals surface area contributed by atoms with Crippen molar-refractivity contribution in [1.82, 2.24) is 10.2 Å². The molecule has 1 saturated heterocycles. The minimum absolute atomic E-state index is 0.0767. The highest BCUT2D eigenvalue weighted by molar-refractivity contribution is 5.88. The van der Waals surface area contributed by atoms with Gasteiger partial charge in [-0.25, -0.2) is 0 Å². The Labute approximate surface area is 150 Å². The van der Waals surface area contributed by atoms with Crippen molar-refractivity contribution in [2.45, 2.75) is 51.5 Å². The van der Waals surface area contributed by atoms with E-state index in [1.807, 2.05) is 30.0 Å². The van der Waals surface area contributed by atoms with Gasteiger partial charge >= 0.3 is 0 Å². The second kappa shape index (κ2) is 8.32. The number of rotatable bonds is 6. The fraction of sp³-hybridized carbons (Fsp3) is 0.524. The summed E-state index contributed by atoms with van der Waals surface area (Å²) in [6.07, 6.45) is 7.43. The summed E-state index contributed by atoms with van der Waals surface area (Å²) in [6.45, 7) is 3.39. The van der Waals surface area contributed by atoms with Crippen LogP contribution in [0.25, 0.3) is 0 Å². The summed E-state index contributed by atoms with van der Waals surface area (Å²) in [5.74, 6) is 0.351. The molecule has 0 bridgehead atoms. The predicted octanol–water partition coefficient (Wildman–Crippen LogP) is 3.08. The Kier molecular flexibility index (Phi) is 5.90. The second-order valence-electron chi connectivity index (χ2n) is 7.36. The lowest BCUT2D eigenvalue weighted by atomic mass is 9.95. The first-order valence-corrected chi connectivity index (χ1v) is 9.42. The van der Waals surface area contributed by atoms with Crippen molar-refractivity contribution >= 4 is 11.8 Å². The Bertz CT molecular complexity index is 627. The van der Waals surface area contributed by atoms with Gasteiger partial charge in [-0.1, -0.05) is 35.9 Å². The first-order chi connectivity index (χ1) is 12.1. The number of amides is 2. The largest absolute Gasteiger partial charge is 0.353 e. The SMILES string of the molecule is C/C(=C/C(=O)N1CCC(C(=O)NC2CC2)CC1)CCc1ccccc1. The zero-order valence-corrected chi connectivity index (χ0v) is 15.0. The van der Waals surface area contributed by atoms with Crippen molar-refractivity contribution in [1.29, 1.82) is 0 Å². The fourth-order valence-corrected chi connectivity index (χ4v) is 3.27. The van der Waals surface area contributed by atoms with Crippen molar-refractivity contribution in [3.63, 3.8) is 0 Å². The van der Waals surface area contributed by atoms with Crippen molar-refractivity contribution in [3.8, 4) is 0 Å². The molecule has 2 amide bonds. The molecule has 0 spiro atoms. The molecule has 4 nitrogen and oxygen atoms in total. The summed E-state index contributed by atoms with van der Waals surface area (Å²) < 4.78 is 0. The number of nitrogens with zero attached hydrogens (tertiary/aromatic N) is 1. The highest BCUT2D eigenvalue weighted by Gasteiger charge is 2.30. The molecule has 0 aromatic heterocycles. The van der Waals surface area contributed by atoms with Gasteiger partial charge in [-0.3, -0.25) is 9.59 Å². The topological polar surface area (TPSA) is 49.4 Å². The Morgan fingerprint density at radius 3 is 2.44 bits per heavy atom. The van der Waals surface area contributed by atoms with Gasteiger partial charge in [-0.2, -0.15) is 0 Å².